The second-order valence-corrected chi connectivity index (χ2v) is 8.05. The summed E-state index contributed by atoms with van der Waals surface area (Å²) in [6.07, 6.45) is 2.64. The zero-order valence-electron chi connectivity index (χ0n) is 14.8. The Bertz CT molecular complexity index is 1240. The van der Waals surface area contributed by atoms with Crippen LogP contribution in [0.1, 0.15) is 5.56 Å². The van der Waals surface area contributed by atoms with Crippen LogP contribution in [-0.2, 0) is 15.6 Å². The number of benzene rings is 2. The average Bonchev–Trinajstić information content (AvgIpc) is 3.13. The molecule has 2 heterocycles. The Labute approximate surface area is 164 Å². The van der Waals surface area contributed by atoms with Crippen LogP contribution in [0, 0.1) is 0 Å². The van der Waals surface area contributed by atoms with Gasteiger partial charge in [0.05, 0.1) is 18.1 Å². The van der Waals surface area contributed by atoms with Gasteiger partial charge < -0.3 is 4.74 Å². The van der Waals surface area contributed by atoms with Crippen LogP contribution < -0.4 is 4.74 Å². The summed E-state index contributed by atoms with van der Waals surface area (Å²) in [6.45, 7) is -2.93. The number of hydrogen-bond acceptors (Lipinski definition) is 6. The molecule has 0 aliphatic carbocycles. The van der Waals surface area contributed by atoms with Gasteiger partial charge in [0.15, 0.2) is 26.3 Å². The Morgan fingerprint density at radius 3 is 2.38 bits per heavy atom. The molecule has 7 nitrogen and oxygen atoms in total. The van der Waals surface area contributed by atoms with Gasteiger partial charge in [-0.25, -0.2) is 8.42 Å². The summed E-state index contributed by atoms with van der Waals surface area (Å²) >= 11 is 0. The first-order chi connectivity index (χ1) is 13.9. The van der Waals surface area contributed by atoms with Gasteiger partial charge in [-0.1, -0.05) is 30.3 Å². The van der Waals surface area contributed by atoms with Crippen molar-refractivity contribution in [1.82, 2.24) is 19.6 Å². The van der Waals surface area contributed by atoms with Gasteiger partial charge in [-0.2, -0.15) is 8.78 Å². The molecule has 0 fully saturated rings. The molecular formula is C19H14F2N4O3S. The van der Waals surface area contributed by atoms with E-state index in [0.717, 1.165) is 0 Å². The Kier molecular flexibility index (Phi) is 4.93. The molecule has 0 N–H and O–H groups in total. The van der Waals surface area contributed by atoms with Gasteiger partial charge in [0.2, 0.25) is 0 Å². The lowest BCUT2D eigenvalue weighted by molar-refractivity contribution is -0.0498. The topological polar surface area (TPSA) is 86.5 Å². The van der Waals surface area contributed by atoms with Gasteiger partial charge in [-0.05, 0) is 29.8 Å². The van der Waals surface area contributed by atoms with Crippen molar-refractivity contribution in [3.63, 3.8) is 0 Å². The third kappa shape index (κ3) is 3.92. The van der Waals surface area contributed by atoms with Crippen LogP contribution in [0.5, 0.6) is 5.75 Å². The number of sulfone groups is 1. The Balaban J connectivity index is 1.78. The first-order valence-corrected chi connectivity index (χ1v) is 10.1. The fourth-order valence-corrected chi connectivity index (χ4v) is 4.34. The molecule has 29 heavy (non-hydrogen) atoms. The second-order valence-electron chi connectivity index (χ2n) is 6.11. The molecule has 148 valence electrons. The van der Waals surface area contributed by atoms with E-state index in [2.05, 4.69) is 19.9 Å². The number of fused-ring (bicyclic) bond motifs is 1. The summed E-state index contributed by atoms with van der Waals surface area (Å²) in [7, 11) is -3.77. The van der Waals surface area contributed by atoms with E-state index in [9.17, 15) is 17.2 Å². The van der Waals surface area contributed by atoms with Crippen molar-refractivity contribution in [3.8, 4) is 17.1 Å². The lowest BCUT2D eigenvalue weighted by atomic mass is 10.2. The third-order valence-corrected chi connectivity index (χ3v) is 5.78. The summed E-state index contributed by atoms with van der Waals surface area (Å²) in [5.41, 5.74) is 1.37. The first-order valence-electron chi connectivity index (χ1n) is 8.45. The van der Waals surface area contributed by atoms with E-state index in [1.54, 1.807) is 30.3 Å². The summed E-state index contributed by atoms with van der Waals surface area (Å²) in [4.78, 5) is 3.97. The highest BCUT2D eigenvalue weighted by molar-refractivity contribution is 7.90. The van der Waals surface area contributed by atoms with Crippen LogP contribution in [0.4, 0.5) is 8.78 Å². The highest BCUT2D eigenvalue weighted by atomic mass is 32.2. The van der Waals surface area contributed by atoms with Gasteiger partial charge in [0.25, 0.3) is 0 Å². The Morgan fingerprint density at radius 1 is 0.966 bits per heavy atom. The predicted octanol–water partition coefficient (Wildman–Crippen LogP) is 3.37. The zero-order chi connectivity index (χ0) is 20.4. The van der Waals surface area contributed by atoms with Gasteiger partial charge in [-0.3, -0.25) is 9.38 Å². The molecule has 0 bridgehead atoms. The summed E-state index contributed by atoms with van der Waals surface area (Å²) in [6, 6.07) is 14.5. The number of aromatic nitrogens is 4. The van der Waals surface area contributed by atoms with Crippen LogP contribution in [0.2, 0.25) is 0 Å². The van der Waals surface area contributed by atoms with E-state index in [4.69, 9.17) is 0 Å². The summed E-state index contributed by atoms with van der Waals surface area (Å²) in [5.74, 6) is 0.0155. The minimum Gasteiger partial charge on any atom is -0.435 e. The standard InChI is InChI=1S/C19H14F2N4O3S/c20-19(21)28-15-8-6-14(7-9-15)18-24-23-16-10-22-11-17(25(16)18)29(26,27)12-13-4-2-1-3-5-13/h1-11,19H,12H2. The largest absolute Gasteiger partial charge is 0.435 e. The van der Waals surface area contributed by atoms with Crippen LogP contribution in [0.3, 0.4) is 0 Å². The highest BCUT2D eigenvalue weighted by Crippen LogP contribution is 2.26. The second kappa shape index (κ2) is 7.55. The number of nitrogens with zero attached hydrogens (tertiary/aromatic N) is 4. The molecule has 0 amide bonds. The maximum absolute atomic E-state index is 13.1. The van der Waals surface area contributed by atoms with Crippen molar-refractivity contribution >= 4 is 15.5 Å². The third-order valence-electron chi connectivity index (χ3n) is 4.14. The van der Waals surface area contributed by atoms with Crippen LogP contribution in [-0.4, -0.2) is 34.6 Å². The molecule has 0 atom stereocenters. The maximum atomic E-state index is 13.1. The molecular weight excluding hydrogens is 402 g/mol. The lowest BCUT2D eigenvalue weighted by Crippen LogP contribution is -2.11. The van der Waals surface area contributed by atoms with E-state index in [-0.39, 0.29) is 28.0 Å². The SMILES string of the molecule is O=S(=O)(Cc1ccccc1)c1cncc2nnc(-c3ccc(OC(F)F)cc3)n12. The highest BCUT2D eigenvalue weighted by Gasteiger charge is 2.23. The average molecular weight is 416 g/mol. The quantitative estimate of drug-likeness (QED) is 0.479. The molecule has 0 spiro atoms. The molecule has 0 saturated carbocycles. The van der Waals surface area contributed by atoms with Crippen LogP contribution >= 0.6 is 0 Å². The predicted molar refractivity (Wildman–Crippen MR) is 100 cm³/mol. The monoisotopic (exact) mass is 416 g/mol. The Morgan fingerprint density at radius 2 is 1.69 bits per heavy atom. The zero-order valence-corrected chi connectivity index (χ0v) is 15.6. The van der Waals surface area contributed by atoms with Crippen molar-refractivity contribution in [1.29, 1.82) is 0 Å². The lowest BCUT2D eigenvalue weighted by Gasteiger charge is -2.09. The van der Waals surface area contributed by atoms with E-state index < -0.39 is 16.4 Å². The van der Waals surface area contributed by atoms with Gasteiger partial charge >= 0.3 is 6.61 Å². The normalized spacial score (nSPS) is 11.8. The van der Waals surface area contributed by atoms with Gasteiger partial charge in [0.1, 0.15) is 5.75 Å². The summed E-state index contributed by atoms with van der Waals surface area (Å²) < 4.78 is 56.5. The first kappa shape index (κ1) is 18.9. The molecule has 4 aromatic rings. The number of alkyl halides is 2. The molecule has 0 unspecified atom stereocenters. The fourth-order valence-electron chi connectivity index (χ4n) is 2.88. The number of halogens is 2. The van der Waals surface area contributed by atoms with Crippen molar-refractivity contribution in [2.45, 2.75) is 17.4 Å². The number of rotatable bonds is 6. The van der Waals surface area contributed by atoms with Crippen LogP contribution in [0.25, 0.3) is 17.0 Å². The molecule has 4 rings (SSSR count). The number of ether oxygens (including phenoxy) is 1. The van der Waals surface area contributed by atoms with Crippen molar-refractivity contribution in [2.75, 3.05) is 0 Å². The molecule has 0 aliphatic heterocycles. The number of hydrogen-bond donors (Lipinski definition) is 0. The fraction of sp³-hybridized carbons (Fsp3) is 0.105. The Hall–Kier alpha value is -3.40. The van der Waals surface area contributed by atoms with Crippen LogP contribution in [0.15, 0.2) is 72.0 Å². The van der Waals surface area contributed by atoms with Gasteiger partial charge in [-0.15, -0.1) is 10.2 Å². The van der Waals surface area contributed by atoms with Gasteiger partial charge in [0, 0.05) is 5.56 Å². The molecule has 0 saturated heterocycles. The van der Waals surface area contributed by atoms with Crippen molar-refractivity contribution < 1.29 is 21.9 Å². The van der Waals surface area contributed by atoms with E-state index in [1.807, 2.05) is 0 Å². The molecule has 2 aromatic heterocycles. The maximum Gasteiger partial charge on any atom is 0.387 e. The van der Waals surface area contributed by atoms with Crippen molar-refractivity contribution in [2.24, 2.45) is 0 Å². The summed E-state index contributed by atoms with van der Waals surface area (Å²) in [5, 5.41) is 7.98. The smallest absolute Gasteiger partial charge is 0.387 e. The molecule has 0 radical (unpaired) electrons. The minimum atomic E-state index is -3.77. The molecule has 0 aliphatic rings. The van der Waals surface area contributed by atoms with E-state index in [0.29, 0.717) is 11.1 Å². The van der Waals surface area contributed by atoms with Crippen molar-refractivity contribution in [3.05, 3.63) is 72.6 Å². The molecule has 2 aromatic carbocycles. The van der Waals surface area contributed by atoms with E-state index >= 15 is 0 Å². The molecule has 10 heteroatoms. The minimum absolute atomic E-state index is 0.0174. The van der Waals surface area contributed by atoms with E-state index in [1.165, 1.54) is 41.1 Å².